The second kappa shape index (κ2) is 4.06. The molecule has 0 aliphatic heterocycles. The Morgan fingerprint density at radius 3 is 2.47 bits per heavy atom. The molecule has 0 spiro atoms. The molecule has 1 rings (SSSR count). The van der Waals surface area contributed by atoms with E-state index in [1.54, 1.807) is 27.0 Å². The van der Waals surface area contributed by atoms with E-state index in [4.69, 9.17) is 0 Å². The highest BCUT2D eigenvalue weighted by Crippen LogP contribution is 2.12. The van der Waals surface area contributed by atoms with E-state index in [1.165, 1.54) is 0 Å². The van der Waals surface area contributed by atoms with Crippen LogP contribution in [0.5, 0.6) is 0 Å². The lowest BCUT2D eigenvalue weighted by Crippen LogP contribution is -2.44. The molecule has 0 radical (unpaired) electrons. The summed E-state index contributed by atoms with van der Waals surface area (Å²) in [4.78, 5) is 0. The number of rotatable bonds is 3. The van der Waals surface area contributed by atoms with E-state index in [0.717, 1.165) is 15.8 Å². The minimum absolute atomic E-state index is 0.228. The normalized spacial score (nSPS) is 13.1. The molecule has 1 N–H and O–H groups in total. The van der Waals surface area contributed by atoms with Crippen molar-refractivity contribution in [2.45, 2.75) is 31.5 Å². The van der Waals surface area contributed by atoms with Crippen molar-refractivity contribution in [1.29, 1.82) is 0 Å². The SMILES string of the molecule is CSc1nnnn1S(=O)(=O)NC(C)(C)C. The summed E-state index contributed by atoms with van der Waals surface area (Å²) in [5.41, 5.74) is -0.569. The summed E-state index contributed by atoms with van der Waals surface area (Å²) in [6.45, 7) is 5.23. The van der Waals surface area contributed by atoms with Crippen molar-refractivity contribution >= 4 is 22.0 Å². The van der Waals surface area contributed by atoms with Gasteiger partial charge in [0.15, 0.2) is 0 Å². The summed E-state index contributed by atoms with van der Waals surface area (Å²) in [5, 5.41) is 10.5. The Kier molecular flexibility index (Phi) is 3.36. The molecule has 86 valence electrons. The van der Waals surface area contributed by atoms with E-state index < -0.39 is 15.7 Å². The molecule has 0 saturated heterocycles. The largest absolute Gasteiger partial charge is 0.324 e. The number of aromatic nitrogens is 4. The predicted octanol–water partition coefficient (Wildman–Crippen LogP) is -0.124. The molecule has 7 nitrogen and oxygen atoms in total. The summed E-state index contributed by atoms with van der Waals surface area (Å²) >= 11 is 1.16. The third kappa shape index (κ3) is 3.14. The maximum absolute atomic E-state index is 11.8. The zero-order valence-corrected chi connectivity index (χ0v) is 10.6. The predicted molar refractivity (Wildman–Crippen MR) is 56.8 cm³/mol. The van der Waals surface area contributed by atoms with Crippen LogP contribution in [0.1, 0.15) is 20.8 Å². The van der Waals surface area contributed by atoms with Crippen molar-refractivity contribution in [3.05, 3.63) is 0 Å². The Hall–Kier alpha value is -0.670. The summed E-state index contributed by atoms with van der Waals surface area (Å²) < 4.78 is 26.8. The number of hydrogen-bond donors (Lipinski definition) is 1. The Labute approximate surface area is 92.8 Å². The molecular weight excluding hydrogens is 238 g/mol. The monoisotopic (exact) mass is 251 g/mol. The van der Waals surface area contributed by atoms with Gasteiger partial charge in [0.2, 0.25) is 5.16 Å². The van der Waals surface area contributed by atoms with Crippen LogP contribution in [0.25, 0.3) is 0 Å². The molecular formula is C6H13N5O2S2. The van der Waals surface area contributed by atoms with Gasteiger partial charge in [-0.25, -0.2) is 0 Å². The summed E-state index contributed by atoms with van der Waals surface area (Å²) in [6.07, 6.45) is 1.70. The molecule has 1 heterocycles. The minimum atomic E-state index is -3.71. The zero-order chi connectivity index (χ0) is 11.7. The maximum atomic E-state index is 11.8. The van der Waals surface area contributed by atoms with Crippen molar-refractivity contribution in [3.63, 3.8) is 0 Å². The Bertz CT molecular complexity index is 433. The highest BCUT2D eigenvalue weighted by molar-refractivity contribution is 7.99. The van der Waals surface area contributed by atoms with Crippen LogP contribution in [-0.4, -0.2) is 39.8 Å². The first-order valence-corrected chi connectivity index (χ1v) is 6.79. The van der Waals surface area contributed by atoms with Crippen molar-refractivity contribution in [1.82, 2.24) is 24.3 Å². The Morgan fingerprint density at radius 2 is 2.00 bits per heavy atom. The van der Waals surface area contributed by atoms with Crippen LogP contribution in [0, 0.1) is 0 Å². The number of nitrogens with zero attached hydrogens (tertiary/aromatic N) is 4. The number of hydrogen-bond acceptors (Lipinski definition) is 6. The molecule has 1 aromatic rings. The fraction of sp³-hybridized carbons (Fsp3) is 0.833. The van der Waals surface area contributed by atoms with E-state index in [9.17, 15) is 8.42 Å². The average Bonchev–Trinajstić information content (AvgIpc) is 2.46. The third-order valence-corrected chi connectivity index (χ3v) is 3.57. The van der Waals surface area contributed by atoms with Gasteiger partial charge in [0.1, 0.15) is 0 Å². The molecule has 15 heavy (non-hydrogen) atoms. The average molecular weight is 251 g/mol. The second-order valence-electron chi connectivity index (χ2n) is 3.87. The van der Waals surface area contributed by atoms with E-state index >= 15 is 0 Å². The molecule has 0 fully saturated rings. The lowest BCUT2D eigenvalue weighted by molar-refractivity contribution is 0.478. The number of thioether (sulfide) groups is 1. The van der Waals surface area contributed by atoms with Gasteiger partial charge in [-0.2, -0.15) is 13.1 Å². The lowest BCUT2D eigenvalue weighted by atomic mass is 10.1. The standard InChI is InChI=1S/C6H13N5O2S2/c1-6(2,3)8-15(12,13)11-5(14-4)7-9-10-11/h8H,1-4H3. The van der Waals surface area contributed by atoms with E-state index in [-0.39, 0.29) is 5.16 Å². The number of nitrogens with one attached hydrogen (secondary N) is 1. The molecule has 0 aliphatic carbocycles. The Morgan fingerprint density at radius 1 is 1.40 bits per heavy atom. The van der Waals surface area contributed by atoms with E-state index in [1.807, 2.05) is 0 Å². The molecule has 9 heteroatoms. The van der Waals surface area contributed by atoms with Gasteiger partial charge in [0.05, 0.1) is 0 Å². The Balaban J connectivity index is 3.07. The first-order valence-electron chi connectivity index (χ1n) is 4.13. The quantitative estimate of drug-likeness (QED) is 0.753. The fourth-order valence-corrected chi connectivity index (χ4v) is 2.93. The van der Waals surface area contributed by atoms with Crippen LogP contribution in [0.2, 0.25) is 0 Å². The van der Waals surface area contributed by atoms with Crippen molar-refractivity contribution in [3.8, 4) is 0 Å². The van der Waals surface area contributed by atoms with Gasteiger partial charge in [-0.15, -0.1) is 5.10 Å². The summed E-state index contributed by atoms with van der Waals surface area (Å²) in [7, 11) is -3.71. The minimum Gasteiger partial charge on any atom is -0.191 e. The highest BCUT2D eigenvalue weighted by atomic mass is 32.2. The molecule has 0 aromatic carbocycles. The smallest absolute Gasteiger partial charge is 0.191 e. The lowest BCUT2D eigenvalue weighted by Gasteiger charge is -2.19. The van der Waals surface area contributed by atoms with Crippen LogP contribution in [-0.2, 0) is 10.2 Å². The molecule has 0 bridgehead atoms. The van der Waals surface area contributed by atoms with E-state index in [0.29, 0.717) is 0 Å². The van der Waals surface area contributed by atoms with Crippen molar-refractivity contribution in [2.75, 3.05) is 6.26 Å². The van der Waals surface area contributed by atoms with Gasteiger partial charge in [-0.05, 0) is 37.5 Å². The van der Waals surface area contributed by atoms with Gasteiger partial charge in [-0.1, -0.05) is 15.8 Å². The zero-order valence-electron chi connectivity index (χ0n) is 8.92. The summed E-state index contributed by atoms with van der Waals surface area (Å²) in [6, 6.07) is 0. The topological polar surface area (TPSA) is 89.8 Å². The van der Waals surface area contributed by atoms with Crippen molar-refractivity contribution in [2.24, 2.45) is 0 Å². The molecule has 0 atom stereocenters. The van der Waals surface area contributed by atoms with Gasteiger partial charge in [-0.3, -0.25) is 0 Å². The highest BCUT2D eigenvalue weighted by Gasteiger charge is 2.25. The van der Waals surface area contributed by atoms with Crippen LogP contribution >= 0.6 is 11.8 Å². The fourth-order valence-electron chi connectivity index (χ4n) is 0.871. The van der Waals surface area contributed by atoms with Crippen LogP contribution in [0.15, 0.2) is 5.16 Å². The molecule has 1 aromatic heterocycles. The second-order valence-corrected chi connectivity index (χ2v) is 6.14. The van der Waals surface area contributed by atoms with Gasteiger partial charge in [0, 0.05) is 5.54 Å². The first-order chi connectivity index (χ1) is 6.76. The number of tetrazole rings is 1. The molecule has 0 aliphatic rings. The van der Waals surface area contributed by atoms with Crippen molar-refractivity contribution < 1.29 is 8.42 Å². The van der Waals surface area contributed by atoms with Crippen LogP contribution in [0.4, 0.5) is 0 Å². The molecule has 0 saturated carbocycles. The van der Waals surface area contributed by atoms with Crippen LogP contribution < -0.4 is 4.72 Å². The molecule has 0 unspecified atom stereocenters. The summed E-state index contributed by atoms with van der Waals surface area (Å²) in [5.74, 6) is 0. The van der Waals surface area contributed by atoms with Gasteiger partial charge < -0.3 is 0 Å². The van der Waals surface area contributed by atoms with E-state index in [2.05, 4.69) is 20.2 Å². The first kappa shape index (κ1) is 12.4. The van der Waals surface area contributed by atoms with Gasteiger partial charge in [0.25, 0.3) is 0 Å². The maximum Gasteiger partial charge on any atom is 0.324 e. The molecule has 0 amide bonds. The van der Waals surface area contributed by atoms with Gasteiger partial charge >= 0.3 is 10.2 Å². The third-order valence-electron chi connectivity index (χ3n) is 1.26. The van der Waals surface area contributed by atoms with Crippen LogP contribution in [0.3, 0.4) is 0 Å².